The zero-order chi connectivity index (χ0) is 22.1. The van der Waals surface area contributed by atoms with Crippen LogP contribution >= 0.6 is 0 Å². The predicted molar refractivity (Wildman–Crippen MR) is 127 cm³/mol. The van der Waals surface area contributed by atoms with E-state index in [1.807, 2.05) is 0 Å². The van der Waals surface area contributed by atoms with Crippen molar-refractivity contribution in [1.82, 2.24) is 4.98 Å². The van der Waals surface area contributed by atoms with E-state index in [2.05, 4.69) is 93.6 Å². The maximum atomic E-state index is 5.06. The van der Waals surface area contributed by atoms with Gasteiger partial charge in [-0.3, -0.25) is 4.98 Å². The van der Waals surface area contributed by atoms with Crippen molar-refractivity contribution in [3.63, 3.8) is 0 Å². The number of benzene rings is 1. The van der Waals surface area contributed by atoms with Crippen LogP contribution in [0, 0.1) is 17.8 Å². The molecule has 2 aromatic rings. The summed E-state index contributed by atoms with van der Waals surface area (Å²) in [6.07, 6.45) is 4.84. The molecule has 3 aliphatic carbocycles. The first kappa shape index (κ1) is 20.3. The second kappa shape index (κ2) is 5.40. The van der Waals surface area contributed by atoms with Crippen molar-refractivity contribution in [1.29, 1.82) is 0 Å². The van der Waals surface area contributed by atoms with Gasteiger partial charge in [-0.15, -0.1) is 0 Å². The van der Waals surface area contributed by atoms with Crippen LogP contribution in [0.5, 0.6) is 0 Å². The van der Waals surface area contributed by atoms with Gasteiger partial charge in [-0.25, -0.2) is 0 Å². The molecule has 160 valence electrons. The van der Waals surface area contributed by atoms with Crippen LogP contribution in [0.3, 0.4) is 0 Å². The summed E-state index contributed by atoms with van der Waals surface area (Å²) < 4.78 is 0. The Kier molecular flexibility index (Phi) is 3.65. The Morgan fingerprint density at radius 3 is 2.03 bits per heavy atom. The molecule has 0 aliphatic heterocycles. The SMILES string of the molecule is Cc1cc2c(cc1-c1cc3c(cn1)C1(C)CCC3C1(C)C)C(C)(C)C(C)(C)C2(C)C. The van der Waals surface area contributed by atoms with Gasteiger partial charge in [0.25, 0.3) is 0 Å². The first-order valence-corrected chi connectivity index (χ1v) is 11.8. The van der Waals surface area contributed by atoms with Gasteiger partial charge in [0.15, 0.2) is 0 Å². The molecule has 2 bridgehead atoms. The number of nitrogens with zero attached hydrogens (tertiary/aromatic N) is 1. The molecule has 1 heteroatoms. The summed E-state index contributed by atoms with van der Waals surface area (Å²) in [6.45, 7) is 24.3. The van der Waals surface area contributed by atoms with E-state index in [9.17, 15) is 0 Å². The highest BCUT2D eigenvalue weighted by Crippen LogP contribution is 2.68. The molecule has 5 rings (SSSR count). The smallest absolute Gasteiger partial charge is 0.0707 e. The average Bonchev–Trinajstić information content (AvgIpc) is 3.02. The lowest BCUT2D eigenvalue weighted by Crippen LogP contribution is -2.42. The van der Waals surface area contributed by atoms with Gasteiger partial charge in [-0.1, -0.05) is 68.4 Å². The Morgan fingerprint density at radius 1 is 0.800 bits per heavy atom. The number of rotatable bonds is 1. The Bertz CT molecular complexity index is 1080. The molecule has 1 aromatic carbocycles. The van der Waals surface area contributed by atoms with Crippen molar-refractivity contribution in [2.45, 2.75) is 104 Å². The number of hydrogen-bond donors (Lipinski definition) is 0. The van der Waals surface area contributed by atoms with E-state index in [-0.39, 0.29) is 21.7 Å². The minimum atomic E-state index is 0.125. The molecular formula is C29H39N. The van der Waals surface area contributed by atoms with E-state index in [0.717, 1.165) is 0 Å². The van der Waals surface area contributed by atoms with Gasteiger partial charge in [-0.05, 0) is 92.7 Å². The quantitative estimate of drug-likeness (QED) is 0.474. The van der Waals surface area contributed by atoms with Crippen LogP contribution in [0.15, 0.2) is 24.4 Å². The van der Waals surface area contributed by atoms with Gasteiger partial charge in [0.1, 0.15) is 0 Å². The summed E-state index contributed by atoms with van der Waals surface area (Å²) in [4.78, 5) is 5.06. The van der Waals surface area contributed by atoms with Gasteiger partial charge < -0.3 is 0 Å². The van der Waals surface area contributed by atoms with Gasteiger partial charge >= 0.3 is 0 Å². The van der Waals surface area contributed by atoms with Crippen molar-refractivity contribution in [3.8, 4) is 11.3 Å². The number of aryl methyl sites for hydroxylation is 1. The predicted octanol–water partition coefficient (Wildman–Crippen LogP) is 7.83. The van der Waals surface area contributed by atoms with Crippen LogP contribution < -0.4 is 0 Å². The summed E-state index contributed by atoms with van der Waals surface area (Å²) in [5.74, 6) is 0.670. The highest BCUT2D eigenvalue weighted by Gasteiger charge is 2.60. The standard InChI is InChI=1S/C29H39N/c1-17-13-21-22(26(4,5)28(8,9)25(21,2)3)14-18(17)24-15-19-20-11-12-29(10,27(20,6)7)23(19)16-30-24/h13-16,20H,11-12H2,1-10H3. The van der Waals surface area contributed by atoms with Crippen LogP contribution in [0.1, 0.15) is 109 Å². The fourth-order valence-corrected chi connectivity index (χ4v) is 7.37. The Labute approximate surface area is 183 Å². The van der Waals surface area contributed by atoms with Crippen molar-refractivity contribution >= 4 is 0 Å². The molecule has 1 nitrogen and oxygen atoms in total. The number of hydrogen-bond acceptors (Lipinski definition) is 1. The minimum absolute atomic E-state index is 0.125. The second-order valence-corrected chi connectivity index (χ2v) is 12.9. The van der Waals surface area contributed by atoms with Crippen LogP contribution in [-0.4, -0.2) is 4.98 Å². The fraction of sp³-hybridized carbons (Fsp3) is 0.621. The van der Waals surface area contributed by atoms with E-state index in [0.29, 0.717) is 11.3 Å². The van der Waals surface area contributed by atoms with Crippen molar-refractivity contribution in [3.05, 3.63) is 52.2 Å². The van der Waals surface area contributed by atoms with Crippen LogP contribution in [0.2, 0.25) is 0 Å². The van der Waals surface area contributed by atoms with Crippen LogP contribution in [0.25, 0.3) is 11.3 Å². The molecule has 0 amide bonds. The molecule has 3 aliphatic rings. The summed E-state index contributed by atoms with van der Waals surface area (Å²) in [5, 5.41) is 0. The van der Waals surface area contributed by atoms with Gasteiger partial charge in [-0.2, -0.15) is 0 Å². The van der Waals surface area contributed by atoms with Gasteiger partial charge in [0, 0.05) is 11.8 Å². The molecule has 0 N–H and O–H groups in total. The summed E-state index contributed by atoms with van der Waals surface area (Å²) in [5.41, 5.74) is 11.0. The number of aromatic nitrogens is 1. The molecule has 30 heavy (non-hydrogen) atoms. The maximum Gasteiger partial charge on any atom is 0.0707 e. The summed E-state index contributed by atoms with van der Waals surface area (Å²) in [7, 11) is 0. The molecule has 1 saturated carbocycles. The van der Waals surface area contributed by atoms with Gasteiger partial charge in [0.2, 0.25) is 0 Å². The molecule has 1 aromatic heterocycles. The van der Waals surface area contributed by atoms with E-state index in [1.165, 1.54) is 46.4 Å². The molecule has 2 unspecified atom stereocenters. The minimum Gasteiger partial charge on any atom is -0.256 e. The lowest BCUT2D eigenvalue weighted by molar-refractivity contribution is 0.125. The molecule has 0 saturated heterocycles. The normalized spacial score (nSPS) is 30.9. The first-order valence-electron chi connectivity index (χ1n) is 11.8. The van der Waals surface area contributed by atoms with E-state index in [1.54, 1.807) is 5.56 Å². The molecule has 1 heterocycles. The van der Waals surface area contributed by atoms with Crippen LogP contribution in [-0.2, 0) is 16.2 Å². The number of pyridine rings is 1. The van der Waals surface area contributed by atoms with Crippen molar-refractivity contribution in [2.75, 3.05) is 0 Å². The van der Waals surface area contributed by atoms with Crippen LogP contribution in [0.4, 0.5) is 0 Å². The zero-order valence-electron chi connectivity index (χ0n) is 20.7. The van der Waals surface area contributed by atoms with E-state index >= 15 is 0 Å². The second-order valence-electron chi connectivity index (χ2n) is 12.9. The topological polar surface area (TPSA) is 12.9 Å². The molecular weight excluding hydrogens is 362 g/mol. The largest absolute Gasteiger partial charge is 0.256 e. The third kappa shape index (κ3) is 1.99. The zero-order valence-corrected chi connectivity index (χ0v) is 20.7. The van der Waals surface area contributed by atoms with Crippen molar-refractivity contribution in [2.24, 2.45) is 10.8 Å². The average molecular weight is 402 g/mol. The monoisotopic (exact) mass is 401 g/mol. The van der Waals surface area contributed by atoms with Crippen molar-refractivity contribution < 1.29 is 0 Å². The molecule has 1 fully saturated rings. The molecule has 0 spiro atoms. The fourth-order valence-electron chi connectivity index (χ4n) is 7.37. The lowest BCUT2D eigenvalue weighted by atomic mass is 9.59. The Morgan fingerprint density at radius 2 is 1.40 bits per heavy atom. The molecule has 0 radical (unpaired) electrons. The Hall–Kier alpha value is -1.63. The van der Waals surface area contributed by atoms with E-state index < -0.39 is 0 Å². The maximum absolute atomic E-state index is 5.06. The highest BCUT2D eigenvalue weighted by atomic mass is 14.7. The van der Waals surface area contributed by atoms with E-state index in [4.69, 9.17) is 4.98 Å². The lowest BCUT2D eigenvalue weighted by Gasteiger charge is -2.44. The Balaban J connectivity index is 1.69. The molecule has 2 atom stereocenters. The first-order chi connectivity index (χ1) is 13.7. The van der Waals surface area contributed by atoms with Gasteiger partial charge in [0.05, 0.1) is 5.69 Å². The third-order valence-corrected chi connectivity index (χ3v) is 11.2. The summed E-state index contributed by atoms with van der Waals surface area (Å²) in [6, 6.07) is 7.39. The third-order valence-electron chi connectivity index (χ3n) is 11.2. The highest BCUT2D eigenvalue weighted by molar-refractivity contribution is 5.70. The summed E-state index contributed by atoms with van der Waals surface area (Å²) >= 11 is 0. The number of fused-ring (bicyclic) bond motifs is 6.